The van der Waals surface area contributed by atoms with Crippen molar-refractivity contribution in [1.29, 1.82) is 0 Å². The summed E-state index contributed by atoms with van der Waals surface area (Å²) in [5, 5.41) is 3.00. The molecule has 0 bridgehead atoms. The van der Waals surface area contributed by atoms with Gasteiger partial charge < -0.3 is 19.5 Å². The predicted octanol–water partition coefficient (Wildman–Crippen LogP) is 5.62. The Kier molecular flexibility index (Phi) is 9.52. The van der Waals surface area contributed by atoms with Gasteiger partial charge in [-0.2, -0.15) is 0 Å². The molecular formula is C26H29Cl2NO4. The van der Waals surface area contributed by atoms with Crippen molar-refractivity contribution in [2.45, 2.75) is 32.1 Å². The van der Waals surface area contributed by atoms with Gasteiger partial charge in [0.1, 0.15) is 11.1 Å². The van der Waals surface area contributed by atoms with Crippen molar-refractivity contribution < 1.29 is 19.0 Å². The predicted molar refractivity (Wildman–Crippen MR) is 133 cm³/mol. The highest BCUT2D eigenvalue weighted by Crippen LogP contribution is 2.28. The smallest absolute Gasteiger partial charge is 0.255 e. The molecule has 1 aliphatic carbocycles. The molecule has 2 aromatic rings. The first kappa shape index (κ1) is 25.0. The molecule has 0 aromatic heterocycles. The van der Waals surface area contributed by atoms with Gasteiger partial charge in [0.15, 0.2) is 11.5 Å². The van der Waals surface area contributed by atoms with E-state index in [9.17, 15) is 4.79 Å². The highest BCUT2D eigenvalue weighted by atomic mass is 35.5. The Morgan fingerprint density at radius 3 is 2.48 bits per heavy atom. The molecule has 1 N–H and O–H groups in total. The Labute approximate surface area is 205 Å². The minimum Gasteiger partial charge on any atom is -0.496 e. The maximum atomic E-state index is 13.1. The summed E-state index contributed by atoms with van der Waals surface area (Å²) >= 11 is 11.3. The van der Waals surface area contributed by atoms with Gasteiger partial charge in [-0.05, 0) is 72.6 Å². The molecule has 176 valence electrons. The van der Waals surface area contributed by atoms with Crippen LogP contribution in [0.5, 0.6) is 11.5 Å². The number of carbonyl (C=O) groups excluding carboxylic acids is 1. The van der Waals surface area contributed by atoms with Gasteiger partial charge in [-0.15, -0.1) is 0 Å². The quantitative estimate of drug-likeness (QED) is 0.267. The third-order valence-electron chi connectivity index (χ3n) is 5.59. The minimum absolute atomic E-state index is 0.123. The van der Waals surface area contributed by atoms with Crippen molar-refractivity contribution in [1.82, 2.24) is 5.32 Å². The van der Waals surface area contributed by atoms with Crippen LogP contribution in [0.1, 0.15) is 35.1 Å². The fraction of sp³-hybridized carbons (Fsp3) is 0.346. The maximum absolute atomic E-state index is 13.1. The molecule has 0 aliphatic heterocycles. The van der Waals surface area contributed by atoms with Crippen molar-refractivity contribution in [3.63, 3.8) is 0 Å². The van der Waals surface area contributed by atoms with Crippen LogP contribution in [0.4, 0.5) is 0 Å². The number of hydrogen-bond donors (Lipinski definition) is 1. The molecule has 0 fully saturated rings. The number of carbonyl (C=O) groups is 1. The molecule has 5 nitrogen and oxygen atoms in total. The summed E-state index contributed by atoms with van der Waals surface area (Å²) in [7, 11) is 3.21. The number of aryl methyl sites for hydroxylation is 2. The molecule has 0 heterocycles. The van der Waals surface area contributed by atoms with Gasteiger partial charge in [0.25, 0.3) is 5.91 Å². The number of benzene rings is 2. The molecule has 1 aliphatic rings. The number of hydrogen-bond acceptors (Lipinski definition) is 4. The number of amides is 1. The van der Waals surface area contributed by atoms with E-state index >= 15 is 0 Å². The van der Waals surface area contributed by atoms with Crippen LogP contribution >= 0.6 is 23.2 Å². The lowest BCUT2D eigenvalue weighted by atomic mass is 9.89. The lowest BCUT2D eigenvalue weighted by Gasteiger charge is -2.17. The monoisotopic (exact) mass is 489 g/mol. The molecule has 0 radical (unpaired) electrons. The Morgan fingerprint density at radius 2 is 1.76 bits per heavy atom. The molecule has 33 heavy (non-hydrogen) atoms. The van der Waals surface area contributed by atoms with E-state index in [1.54, 1.807) is 14.2 Å². The Balaban J connectivity index is 1.71. The summed E-state index contributed by atoms with van der Waals surface area (Å²) in [4.78, 5) is 13.1. The summed E-state index contributed by atoms with van der Waals surface area (Å²) in [6.07, 6.45) is 8.14. The first-order chi connectivity index (χ1) is 16.0. The van der Waals surface area contributed by atoms with Gasteiger partial charge in [-0.1, -0.05) is 47.5 Å². The van der Waals surface area contributed by atoms with E-state index in [0.717, 1.165) is 24.0 Å². The van der Waals surface area contributed by atoms with E-state index in [1.807, 2.05) is 24.3 Å². The molecule has 0 unspecified atom stereocenters. The average molecular weight is 490 g/mol. The highest BCUT2D eigenvalue weighted by Gasteiger charge is 2.16. The van der Waals surface area contributed by atoms with E-state index in [-0.39, 0.29) is 17.0 Å². The second kappa shape index (κ2) is 12.6. The lowest BCUT2D eigenvalue weighted by Crippen LogP contribution is -2.27. The van der Waals surface area contributed by atoms with Crippen molar-refractivity contribution in [3.8, 4) is 11.5 Å². The minimum atomic E-state index is -0.202. The van der Waals surface area contributed by atoms with Gasteiger partial charge in [0.2, 0.25) is 0 Å². The number of rotatable bonds is 10. The fourth-order valence-corrected chi connectivity index (χ4v) is 3.97. The molecule has 0 saturated heterocycles. The topological polar surface area (TPSA) is 56.8 Å². The van der Waals surface area contributed by atoms with Gasteiger partial charge in [0, 0.05) is 6.54 Å². The standard InChI is InChI=1S/C26H29Cl2NO4/c1-31-23-10-7-18(15-24(23)32-2)11-13-29-26(30)22(17-33-14-12-25(27)28)21-9-8-19-5-3-4-6-20(19)16-21/h7-10,12,15-17H,3-6,11,13-14H2,1-2H3,(H,29,30)/b22-17+. The first-order valence-electron chi connectivity index (χ1n) is 11.0. The summed E-state index contributed by atoms with van der Waals surface area (Å²) in [6, 6.07) is 11.9. The van der Waals surface area contributed by atoms with Crippen molar-refractivity contribution in [2.24, 2.45) is 0 Å². The summed E-state index contributed by atoms with van der Waals surface area (Å²) in [5.74, 6) is 1.13. The second-order valence-electron chi connectivity index (χ2n) is 7.74. The lowest BCUT2D eigenvalue weighted by molar-refractivity contribution is -0.115. The fourth-order valence-electron chi connectivity index (χ4n) is 3.85. The summed E-state index contributed by atoms with van der Waals surface area (Å²) in [6.45, 7) is 0.639. The number of halogens is 2. The second-order valence-corrected chi connectivity index (χ2v) is 8.75. The maximum Gasteiger partial charge on any atom is 0.255 e. The molecule has 2 aromatic carbocycles. The van der Waals surface area contributed by atoms with Gasteiger partial charge in [-0.3, -0.25) is 4.79 Å². The van der Waals surface area contributed by atoms with Crippen LogP contribution < -0.4 is 14.8 Å². The summed E-state index contributed by atoms with van der Waals surface area (Å²) < 4.78 is 16.3. The highest BCUT2D eigenvalue weighted by molar-refractivity contribution is 6.55. The van der Waals surface area contributed by atoms with Crippen LogP contribution in [0, 0.1) is 0 Å². The van der Waals surface area contributed by atoms with Crippen molar-refractivity contribution in [2.75, 3.05) is 27.4 Å². The average Bonchev–Trinajstić information content (AvgIpc) is 2.83. The molecule has 0 spiro atoms. The third-order valence-corrected chi connectivity index (χ3v) is 5.89. The van der Waals surface area contributed by atoms with Gasteiger partial charge >= 0.3 is 0 Å². The summed E-state index contributed by atoms with van der Waals surface area (Å²) in [5.41, 5.74) is 4.99. The molecule has 3 rings (SSSR count). The Bertz CT molecular complexity index is 1030. The van der Waals surface area contributed by atoms with Gasteiger partial charge in [0.05, 0.1) is 26.1 Å². The van der Waals surface area contributed by atoms with E-state index in [0.29, 0.717) is 30.0 Å². The van der Waals surface area contributed by atoms with Crippen LogP contribution in [0.2, 0.25) is 0 Å². The number of methoxy groups -OCH3 is 2. The number of nitrogens with one attached hydrogen (secondary N) is 1. The van der Waals surface area contributed by atoms with Crippen molar-refractivity contribution in [3.05, 3.63) is 75.5 Å². The van der Waals surface area contributed by atoms with Crippen LogP contribution in [0.25, 0.3) is 5.57 Å². The van der Waals surface area contributed by atoms with Crippen LogP contribution in [-0.4, -0.2) is 33.3 Å². The zero-order chi connectivity index (χ0) is 23.6. The van der Waals surface area contributed by atoms with Crippen LogP contribution in [-0.2, 0) is 28.8 Å². The van der Waals surface area contributed by atoms with E-state index < -0.39 is 0 Å². The number of fused-ring (bicyclic) bond motifs is 1. The van der Waals surface area contributed by atoms with Crippen LogP contribution in [0.3, 0.4) is 0 Å². The third kappa shape index (κ3) is 7.18. The van der Waals surface area contributed by atoms with E-state index in [4.69, 9.17) is 37.4 Å². The van der Waals surface area contributed by atoms with Crippen molar-refractivity contribution >= 4 is 34.7 Å². The Morgan fingerprint density at radius 1 is 1.00 bits per heavy atom. The number of ether oxygens (including phenoxy) is 3. The van der Waals surface area contributed by atoms with Gasteiger partial charge in [-0.25, -0.2) is 0 Å². The Hall–Kier alpha value is -2.63. The SMILES string of the molecule is COc1ccc(CCNC(=O)/C(=C/OCC=C(Cl)Cl)c2ccc3c(c2)CCCC3)cc1OC. The first-order valence-corrected chi connectivity index (χ1v) is 11.7. The zero-order valence-electron chi connectivity index (χ0n) is 19.0. The molecular weight excluding hydrogens is 461 g/mol. The van der Waals surface area contributed by atoms with E-state index in [1.165, 1.54) is 36.3 Å². The molecule has 0 saturated carbocycles. The van der Waals surface area contributed by atoms with Crippen LogP contribution in [0.15, 0.2) is 53.2 Å². The molecule has 7 heteroatoms. The van der Waals surface area contributed by atoms with E-state index in [2.05, 4.69) is 17.4 Å². The normalized spacial score (nSPS) is 13.0. The zero-order valence-corrected chi connectivity index (χ0v) is 20.5. The largest absolute Gasteiger partial charge is 0.496 e. The molecule has 0 atom stereocenters. The molecule has 1 amide bonds.